The fourth-order valence-corrected chi connectivity index (χ4v) is 1.94. The molecule has 0 fully saturated rings. The molecule has 0 radical (unpaired) electrons. The standard InChI is InChI=1S/C16H22N2O4/c1-18(11-5-8-16(21)22)15(20)9-10-17-14(19)12-13-6-3-2-4-7-13/h2-4,6-7H,5,8-12H2,1H3,(H,17,19)(H,21,22). The van der Waals surface area contributed by atoms with Crippen molar-refractivity contribution in [2.45, 2.75) is 25.7 Å². The monoisotopic (exact) mass is 306 g/mol. The third kappa shape index (κ3) is 7.42. The second-order valence-corrected chi connectivity index (χ2v) is 5.07. The Labute approximate surface area is 130 Å². The van der Waals surface area contributed by atoms with E-state index in [1.54, 1.807) is 7.05 Å². The summed E-state index contributed by atoms with van der Waals surface area (Å²) in [6, 6.07) is 9.39. The largest absolute Gasteiger partial charge is 0.481 e. The number of amides is 2. The minimum Gasteiger partial charge on any atom is -0.481 e. The third-order valence-electron chi connectivity index (χ3n) is 3.18. The molecule has 2 N–H and O–H groups in total. The molecule has 0 unspecified atom stereocenters. The van der Waals surface area contributed by atoms with Gasteiger partial charge >= 0.3 is 5.97 Å². The van der Waals surface area contributed by atoms with Crippen LogP contribution in [0.3, 0.4) is 0 Å². The fraction of sp³-hybridized carbons (Fsp3) is 0.438. The highest BCUT2D eigenvalue weighted by Crippen LogP contribution is 1.99. The maximum absolute atomic E-state index is 11.8. The van der Waals surface area contributed by atoms with E-state index in [4.69, 9.17) is 5.11 Å². The smallest absolute Gasteiger partial charge is 0.303 e. The number of carboxylic acids is 1. The van der Waals surface area contributed by atoms with Crippen LogP contribution in [-0.2, 0) is 20.8 Å². The molecule has 1 aromatic rings. The van der Waals surface area contributed by atoms with Gasteiger partial charge in [0.05, 0.1) is 6.42 Å². The van der Waals surface area contributed by atoms with E-state index < -0.39 is 5.97 Å². The van der Waals surface area contributed by atoms with Crippen molar-refractivity contribution in [2.24, 2.45) is 0 Å². The van der Waals surface area contributed by atoms with Crippen LogP contribution in [0.2, 0.25) is 0 Å². The number of rotatable bonds is 9. The molecule has 1 aromatic carbocycles. The van der Waals surface area contributed by atoms with Crippen molar-refractivity contribution < 1.29 is 19.5 Å². The minimum absolute atomic E-state index is 0.0471. The van der Waals surface area contributed by atoms with Crippen LogP contribution in [-0.4, -0.2) is 47.9 Å². The summed E-state index contributed by atoms with van der Waals surface area (Å²) >= 11 is 0. The minimum atomic E-state index is -0.867. The van der Waals surface area contributed by atoms with Crippen LogP contribution < -0.4 is 5.32 Å². The van der Waals surface area contributed by atoms with E-state index in [0.717, 1.165) is 5.56 Å². The van der Waals surface area contributed by atoms with Crippen molar-refractivity contribution in [3.8, 4) is 0 Å². The molecule has 6 nitrogen and oxygen atoms in total. The first-order valence-electron chi connectivity index (χ1n) is 7.25. The molecule has 0 aromatic heterocycles. The third-order valence-corrected chi connectivity index (χ3v) is 3.18. The number of hydrogen-bond donors (Lipinski definition) is 2. The van der Waals surface area contributed by atoms with Crippen molar-refractivity contribution in [3.05, 3.63) is 35.9 Å². The second-order valence-electron chi connectivity index (χ2n) is 5.07. The number of nitrogens with one attached hydrogen (secondary N) is 1. The average Bonchev–Trinajstić information content (AvgIpc) is 2.47. The lowest BCUT2D eigenvalue weighted by molar-refractivity contribution is -0.138. The van der Waals surface area contributed by atoms with Gasteiger partial charge in [0, 0.05) is 33.0 Å². The molecule has 6 heteroatoms. The van der Waals surface area contributed by atoms with Gasteiger partial charge in [0.15, 0.2) is 0 Å². The van der Waals surface area contributed by atoms with Gasteiger partial charge in [-0.1, -0.05) is 30.3 Å². The number of benzene rings is 1. The van der Waals surface area contributed by atoms with Crippen molar-refractivity contribution in [2.75, 3.05) is 20.1 Å². The molecule has 0 aliphatic heterocycles. The van der Waals surface area contributed by atoms with Crippen molar-refractivity contribution in [1.82, 2.24) is 10.2 Å². The van der Waals surface area contributed by atoms with E-state index in [1.165, 1.54) is 4.90 Å². The summed E-state index contributed by atoms with van der Waals surface area (Å²) in [6.07, 6.45) is 0.983. The molecule has 0 aliphatic carbocycles. The first-order valence-corrected chi connectivity index (χ1v) is 7.25. The Balaban J connectivity index is 2.18. The van der Waals surface area contributed by atoms with Crippen LogP contribution in [0, 0.1) is 0 Å². The number of carboxylic acid groups (broad SMARTS) is 1. The van der Waals surface area contributed by atoms with E-state index in [9.17, 15) is 14.4 Å². The molecule has 22 heavy (non-hydrogen) atoms. The SMILES string of the molecule is CN(CCCC(=O)O)C(=O)CCNC(=O)Cc1ccccc1. The Morgan fingerprint density at radius 3 is 2.45 bits per heavy atom. The van der Waals surface area contributed by atoms with Gasteiger partial charge in [0.1, 0.15) is 0 Å². The van der Waals surface area contributed by atoms with Gasteiger partial charge in [-0.3, -0.25) is 14.4 Å². The lowest BCUT2D eigenvalue weighted by Gasteiger charge is -2.16. The Hall–Kier alpha value is -2.37. The number of hydrogen-bond acceptors (Lipinski definition) is 3. The molecule has 120 valence electrons. The molecule has 1 rings (SSSR count). The van der Waals surface area contributed by atoms with E-state index in [-0.39, 0.29) is 31.2 Å². The van der Waals surface area contributed by atoms with Crippen molar-refractivity contribution in [1.29, 1.82) is 0 Å². The molecule has 0 saturated heterocycles. The number of carbonyl (C=O) groups is 3. The van der Waals surface area contributed by atoms with Crippen LogP contribution in [0.4, 0.5) is 0 Å². The second kappa shape index (κ2) is 9.55. The summed E-state index contributed by atoms with van der Waals surface area (Å²) < 4.78 is 0. The van der Waals surface area contributed by atoms with Gasteiger partial charge < -0.3 is 15.3 Å². The van der Waals surface area contributed by atoms with E-state index in [2.05, 4.69) is 5.32 Å². The Bertz CT molecular complexity index is 502. The summed E-state index contributed by atoms with van der Waals surface area (Å²) in [7, 11) is 1.63. The molecule has 0 aliphatic rings. The predicted molar refractivity (Wildman–Crippen MR) is 82.3 cm³/mol. The van der Waals surface area contributed by atoms with E-state index in [0.29, 0.717) is 19.4 Å². The van der Waals surface area contributed by atoms with Gasteiger partial charge in [-0.2, -0.15) is 0 Å². The zero-order valence-corrected chi connectivity index (χ0v) is 12.7. The maximum atomic E-state index is 11.8. The number of carbonyl (C=O) groups excluding carboxylic acids is 2. The molecule has 0 atom stereocenters. The first kappa shape index (κ1) is 17.7. The summed E-state index contributed by atoms with van der Waals surface area (Å²) in [6.45, 7) is 0.691. The number of nitrogens with zero attached hydrogens (tertiary/aromatic N) is 1. The topological polar surface area (TPSA) is 86.7 Å². The Morgan fingerprint density at radius 2 is 1.82 bits per heavy atom. The Kier molecular flexibility index (Phi) is 7.67. The summed E-state index contributed by atoms with van der Waals surface area (Å²) in [5.41, 5.74) is 0.928. The van der Waals surface area contributed by atoms with Gasteiger partial charge in [-0.25, -0.2) is 0 Å². The lowest BCUT2D eigenvalue weighted by atomic mass is 10.1. The molecular weight excluding hydrogens is 284 g/mol. The summed E-state index contributed by atoms with van der Waals surface area (Å²) in [4.78, 5) is 35.4. The quantitative estimate of drug-likeness (QED) is 0.714. The molecule has 0 bridgehead atoms. The molecule has 2 amide bonds. The first-order chi connectivity index (χ1) is 10.5. The normalized spacial score (nSPS) is 10.0. The van der Waals surface area contributed by atoms with Crippen LogP contribution >= 0.6 is 0 Å². The summed E-state index contributed by atoms with van der Waals surface area (Å²) in [5.74, 6) is -1.09. The van der Waals surface area contributed by atoms with Gasteiger partial charge in [0.25, 0.3) is 0 Å². The van der Waals surface area contributed by atoms with E-state index in [1.807, 2.05) is 30.3 Å². The van der Waals surface area contributed by atoms with Gasteiger partial charge in [0.2, 0.25) is 11.8 Å². The maximum Gasteiger partial charge on any atom is 0.303 e. The lowest BCUT2D eigenvalue weighted by Crippen LogP contribution is -2.33. The van der Waals surface area contributed by atoms with Gasteiger partial charge in [-0.15, -0.1) is 0 Å². The summed E-state index contributed by atoms with van der Waals surface area (Å²) in [5, 5.41) is 11.2. The fourth-order valence-electron chi connectivity index (χ4n) is 1.94. The highest BCUT2D eigenvalue weighted by Gasteiger charge is 2.10. The zero-order valence-electron chi connectivity index (χ0n) is 12.7. The van der Waals surface area contributed by atoms with Gasteiger partial charge in [-0.05, 0) is 12.0 Å². The predicted octanol–water partition coefficient (Wildman–Crippen LogP) is 1.06. The highest BCUT2D eigenvalue weighted by molar-refractivity contribution is 5.80. The van der Waals surface area contributed by atoms with Crippen LogP contribution in [0.1, 0.15) is 24.8 Å². The zero-order chi connectivity index (χ0) is 16.4. The average molecular weight is 306 g/mol. The van der Waals surface area contributed by atoms with Crippen LogP contribution in [0.5, 0.6) is 0 Å². The molecular formula is C16H22N2O4. The van der Waals surface area contributed by atoms with Crippen LogP contribution in [0.15, 0.2) is 30.3 Å². The number of aliphatic carboxylic acids is 1. The molecule has 0 spiro atoms. The van der Waals surface area contributed by atoms with Crippen molar-refractivity contribution >= 4 is 17.8 Å². The van der Waals surface area contributed by atoms with E-state index >= 15 is 0 Å². The Morgan fingerprint density at radius 1 is 1.14 bits per heavy atom. The highest BCUT2D eigenvalue weighted by atomic mass is 16.4. The molecule has 0 saturated carbocycles. The van der Waals surface area contributed by atoms with Crippen molar-refractivity contribution in [3.63, 3.8) is 0 Å². The van der Waals surface area contributed by atoms with Crippen LogP contribution in [0.25, 0.3) is 0 Å². The molecule has 0 heterocycles.